The van der Waals surface area contributed by atoms with Crippen molar-refractivity contribution in [1.82, 2.24) is 4.31 Å². The van der Waals surface area contributed by atoms with Crippen molar-refractivity contribution in [1.29, 1.82) is 0 Å². The van der Waals surface area contributed by atoms with Gasteiger partial charge in [-0.05, 0) is 18.6 Å². The van der Waals surface area contributed by atoms with Gasteiger partial charge in [0.2, 0.25) is 0 Å². The largest absolute Gasteiger partial charge is 0.755 e. The van der Waals surface area contributed by atoms with Gasteiger partial charge in [-0.2, -0.15) is 0 Å². The van der Waals surface area contributed by atoms with E-state index in [0.717, 1.165) is 4.31 Å². The third-order valence-electron chi connectivity index (χ3n) is 1.68. The third-order valence-corrected chi connectivity index (χ3v) is 2.43. The van der Waals surface area contributed by atoms with Crippen LogP contribution >= 0.6 is 0 Å². The lowest BCUT2D eigenvalue weighted by molar-refractivity contribution is 0.276. The Morgan fingerprint density at radius 1 is 1.44 bits per heavy atom. The van der Waals surface area contributed by atoms with E-state index in [9.17, 15) is 8.76 Å². The molecule has 4 nitrogen and oxygen atoms in total. The van der Waals surface area contributed by atoms with Crippen molar-refractivity contribution in [3.05, 3.63) is 49.2 Å². The van der Waals surface area contributed by atoms with Crippen LogP contribution in [0.4, 0.5) is 0 Å². The number of aliphatic hydroxyl groups is 1. The molecule has 90 valence electrons. The molecule has 0 aromatic heterocycles. The zero-order valence-corrected chi connectivity index (χ0v) is 9.86. The molecule has 0 radical (unpaired) electrons. The van der Waals surface area contributed by atoms with Crippen LogP contribution in [-0.2, 0) is 11.3 Å². The maximum atomic E-state index is 11.0. The van der Waals surface area contributed by atoms with Crippen molar-refractivity contribution >= 4 is 11.3 Å². The predicted molar refractivity (Wildman–Crippen MR) is 64.9 cm³/mol. The van der Waals surface area contributed by atoms with Crippen LogP contribution in [-0.4, -0.2) is 31.3 Å². The molecule has 0 saturated carbocycles. The van der Waals surface area contributed by atoms with Crippen LogP contribution in [0.3, 0.4) is 0 Å². The zero-order chi connectivity index (χ0) is 12.4. The first-order chi connectivity index (χ1) is 7.67. The first kappa shape index (κ1) is 14.8. The summed E-state index contributed by atoms with van der Waals surface area (Å²) < 4.78 is 23.1. The van der Waals surface area contributed by atoms with E-state index in [0.29, 0.717) is 12.1 Å². The van der Waals surface area contributed by atoms with Crippen molar-refractivity contribution < 1.29 is 13.9 Å². The second-order valence-electron chi connectivity index (χ2n) is 2.82. The molecule has 16 heavy (non-hydrogen) atoms. The van der Waals surface area contributed by atoms with E-state index < -0.39 is 11.3 Å². The SMILES string of the molecule is C=C/C=C\C(=C/C=C)N(CCCO)S(=O)[O-]. The Kier molecular flexibility index (Phi) is 8.42. The summed E-state index contributed by atoms with van der Waals surface area (Å²) in [6.07, 6.45) is 8.25. The summed E-state index contributed by atoms with van der Waals surface area (Å²) >= 11 is -2.37. The predicted octanol–water partition coefficient (Wildman–Crippen LogP) is 1.28. The summed E-state index contributed by atoms with van der Waals surface area (Å²) in [7, 11) is 0. The van der Waals surface area contributed by atoms with Crippen LogP contribution in [0.25, 0.3) is 0 Å². The molecule has 1 atom stereocenters. The Bertz CT molecular complexity index is 310. The van der Waals surface area contributed by atoms with Crippen molar-refractivity contribution in [3.63, 3.8) is 0 Å². The van der Waals surface area contributed by atoms with E-state index >= 15 is 0 Å². The van der Waals surface area contributed by atoms with E-state index in [-0.39, 0.29) is 13.2 Å². The minimum Gasteiger partial charge on any atom is -0.755 e. The van der Waals surface area contributed by atoms with E-state index in [1.165, 1.54) is 6.08 Å². The minimum atomic E-state index is -2.37. The number of hydrogen-bond acceptors (Lipinski definition) is 3. The highest BCUT2D eigenvalue weighted by atomic mass is 32.2. The van der Waals surface area contributed by atoms with Gasteiger partial charge in [-0.3, -0.25) is 4.21 Å². The molecule has 0 fully saturated rings. The molecule has 1 unspecified atom stereocenters. The van der Waals surface area contributed by atoms with Crippen molar-refractivity contribution in [2.45, 2.75) is 6.42 Å². The van der Waals surface area contributed by atoms with E-state index in [1.54, 1.807) is 24.3 Å². The van der Waals surface area contributed by atoms with Gasteiger partial charge in [0.05, 0.1) is 0 Å². The van der Waals surface area contributed by atoms with Gasteiger partial charge in [0.1, 0.15) is 0 Å². The normalized spacial score (nSPS) is 13.8. The summed E-state index contributed by atoms with van der Waals surface area (Å²) in [5, 5.41) is 8.68. The molecule has 0 rings (SSSR count). The molecular formula is C11H16NO3S-. The van der Waals surface area contributed by atoms with Gasteiger partial charge < -0.3 is 14.0 Å². The topological polar surface area (TPSA) is 63.6 Å². The first-order valence-corrected chi connectivity index (χ1v) is 5.80. The van der Waals surface area contributed by atoms with Crippen LogP contribution in [0.1, 0.15) is 6.42 Å². The lowest BCUT2D eigenvalue weighted by Crippen LogP contribution is -2.26. The summed E-state index contributed by atoms with van der Waals surface area (Å²) in [6, 6.07) is 0. The van der Waals surface area contributed by atoms with Crippen molar-refractivity contribution in [3.8, 4) is 0 Å². The third kappa shape index (κ3) is 5.65. The molecule has 5 heteroatoms. The van der Waals surface area contributed by atoms with Crippen molar-refractivity contribution in [2.75, 3.05) is 13.2 Å². The quantitative estimate of drug-likeness (QED) is 0.515. The monoisotopic (exact) mass is 242 g/mol. The van der Waals surface area contributed by atoms with E-state index in [4.69, 9.17) is 5.11 Å². The Morgan fingerprint density at radius 2 is 2.12 bits per heavy atom. The standard InChI is InChI=1S/C11H17NO3S/c1-3-5-8-11(7-4-2)12(16(14)15)9-6-10-13/h3-5,7-8,13H,1-2,6,9-10H2,(H,14,15)/p-1/b8-5-,11-7+. The molecule has 0 aliphatic heterocycles. The number of rotatable bonds is 8. The molecule has 0 amide bonds. The van der Waals surface area contributed by atoms with E-state index in [2.05, 4.69) is 13.2 Å². The van der Waals surface area contributed by atoms with Crippen LogP contribution < -0.4 is 0 Å². The molecule has 0 saturated heterocycles. The molecule has 0 aliphatic carbocycles. The van der Waals surface area contributed by atoms with Crippen LogP contribution in [0, 0.1) is 0 Å². The Balaban J connectivity index is 4.86. The molecule has 0 aromatic rings. The van der Waals surface area contributed by atoms with Gasteiger partial charge in [-0.15, -0.1) is 0 Å². The van der Waals surface area contributed by atoms with Gasteiger partial charge in [0, 0.05) is 30.1 Å². The van der Waals surface area contributed by atoms with Crippen LogP contribution in [0.5, 0.6) is 0 Å². The summed E-state index contributed by atoms with van der Waals surface area (Å²) in [6.45, 7) is 7.20. The molecule has 0 bridgehead atoms. The lowest BCUT2D eigenvalue weighted by atomic mass is 10.3. The van der Waals surface area contributed by atoms with Gasteiger partial charge >= 0.3 is 0 Å². The summed E-state index contributed by atoms with van der Waals surface area (Å²) in [4.78, 5) is 0. The van der Waals surface area contributed by atoms with Gasteiger partial charge in [0.25, 0.3) is 0 Å². The Hall–Kier alpha value is -1.17. The highest BCUT2D eigenvalue weighted by Crippen LogP contribution is 2.09. The Labute approximate surface area is 98.7 Å². The Morgan fingerprint density at radius 3 is 2.56 bits per heavy atom. The molecular weight excluding hydrogens is 226 g/mol. The lowest BCUT2D eigenvalue weighted by Gasteiger charge is -2.26. The van der Waals surface area contributed by atoms with Gasteiger partial charge in [-0.25, -0.2) is 0 Å². The molecule has 0 spiro atoms. The highest BCUT2D eigenvalue weighted by Gasteiger charge is 2.06. The summed E-state index contributed by atoms with van der Waals surface area (Å²) in [5.41, 5.74) is 0.483. The van der Waals surface area contributed by atoms with E-state index in [1.807, 2.05) is 0 Å². The fraction of sp³-hybridized carbons (Fsp3) is 0.273. The van der Waals surface area contributed by atoms with Crippen LogP contribution in [0.15, 0.2) is 49.2 Å². The molecule has 0 aliphatic rings. The fourth-order valence-corrected chi connectivity index (χ4v) is 1.59. The maximum absolute atomic E-state index is 11.0. The number of hydrogen-bond donors (Lipinski definition) is 1. The average molecular weight is 242 g/mol. The first-order valence-electron chi connectivity index (χ1n) is 4.77. The number of nitrogens with zero attached hydrogens (tertiary/aromatic N) is 1. The molecule has 0 heterocycles. The minimum absolute atomic E-state index is 0.0553. The van der Waals surface area contributed by atoms with Gasteiger partial charge in [-0.1, -0.05) is 31.4 Å². The van der Waals surface area contributed by atoms with Crippen molar-refractivity contribution in [2.24, 2.45) is 0 Å². The second-order valence-corrected chi connectivity index (χ2v) is 3.69. The number of aliphatic hydroxyl groups excluding tert-OH is 1. The smallest absolute Gasteiger partial charge is 0.0482 e. The fourth-order valence-electron chi connectivity index (χ4n) is 1.01. The highest BCUT2D eigenvalue weighted by molar-refractivity contribution is 7.76. The second kappa shape index (κ2) is 9.08. The maximum Gasteiger partial charge on any atom is 0.0482 e. The molecule has 1 N–H and O–H groups in total. The number of allylic oxidation sites excluding steroid dienone is 5. The van der Waals surface area contributed by atoms with Crippen LogP contribution in [0.2, 0.25) is 0 Å². The molecule has 0 aromatic carbocycles. The average Bonchev–Trinajstić information content (AvgIpc) is 2.25. The zero-order valence-electron chi connectivity index (χ0n) is 9.04. The summed E-state index contributed by atoms with van der Waals surface area (Å²) in [5.74, 6) is 0. The van der Waals surface area contributed by atoms with Gasteiger partial charge in [0.15, 0.2) is 0 Å².